The molecule has 0 spiro atoms. The van der Waals surface area contributed by atoms with Crippen molar-refractivity contribution in [1.82, 2.24) is 14.9 Å². The van der Waals surface area contributed by atoms with Crippen molar-refractivity contribution in [3.05, 3.63) is 28.1 Å². The first-order valence-electron chi connectivity index (χ1n) is 5.43. The summed E-state index contributed by atoms with van der Waals surface area (Å²) in [6, 6.07) is 1.61. The molecule has 0 aliphatic rings. The van der Waals surface area contributed by atoms with Gasteiger partial charge in [-0.15, -0.1) is 0 Å². The number of fused-ring (bicyclic) bond motifs is 1. The third kappa shape index (κ3) is 2.52. The SMILES string of the molecule is CC(C)(C)NC(=O)n1ccc2c(Br)cnc(Cl)c21. The van der Waals surface area contributed by atoms with Crippen molar-refractivity contribution < 1.29 is 4.79 Å². The van der Waals surface area contributed by atoms with Crippen LogP contribution in [0.1, 0.15) is 20.8 Å². The molecule has 1 N–H and O–H groups in total. The van der Waals surface area contributed by atoms with Gasteiger partial charge in [0, 0.05) is 27.8 Å². The van der Waals surface area contributed by atoms with Crippen molar-refractivity contribution in [3.8, 4) is 0 Å². The number of carbonyl (C=O) groups is 1. The molecule has 2 aromatic heterocycles. The fraction of sp³-hybridized carbons (Fsp3) is 0.333. The van der Waals surface area contributed by atoms with Crippen LogP contribution in [0.4, 0.5) is 4.79 Å². The van der Waals surface area contributed by atoms with E-state index in [1.54, 1.807) is 12.4 Å². The highest BCUT2D eigenvalue weighted by atomic mass is 79.9. The summed E-state index contributed by atoms with van der Waals surface area (Å²) >= 11 is 9.45. The number of nitrogens with zero attached hydrogens (tertiary/aromatic N) is 2. The van der Waals surface area contributed by atoms with Crippen LogP contribution < -0.4 is 5.32 Å². The van der Waals surface area contributed by atoms with Crippen molar-refractivity contribution in [2.24, 2.45) is 0 Å². The highest BCUT2D eigenvalue weighted by molar-refractivity contribution is 9.10. The quantitative estimate of drug-likeness (QED) is 0.747. The Balaban J connectivity index is 2.53. The molecule has 2 heterocycles. The van der Waals surface area contributed by atoms with Crippen LogP contribution in [0.25, 0.3) is 10.9 Å². The van der Waals surface area contributed by atoms with E-state index >= 15 is 0 Å². The molecular formula is C12H13BrClN3O. The Labute approximate surface area is 118 Å². The summed E-state index contributed by atoms with van der Waals surface area (Å²) in [4.78, 5) is 16.2. The zero-order chi connectivity index (χ0) is 13.5. The predicted octanol–water partition coefficient (Wildman–Crippen LogP) is 3.81. The molecule has 0 fully saturated rings. The van der Waals surface area contributed by atoms with E-state index in [1.165, 1.54) is 4.57 Å². The Kier molecular flexibility index (Phi) is 3.38. The zero-order valence-electron chi connectivity index (χ0n) is 10.3. The van der Waals surface area contributed by atoms with Crippen LogP contribution in [-0.2, 0) is 0 Å². The van der Waals surface area contributed by atoms with E-state index in [9.17, 15) is 4.79 Å². The number of amides is 1. The van der Waals surface area contributed by atoms with Gasteiger partial charge in [-0.05, 0) is 42.8 Å². The molecule has 1 amide bonds. The molecule has 2 rings (SSSR count). The standard InChI is InChI=1S/C12H13BrClN3O/c1-12(2,3)16-11(18)17-5-4-7-8(13)6-15-10(14)9(7)17/h4-6H,1-3H3,(H,16,18). The van der Waals surface area contributed by atoms with Gasteiger partial charge in [0.2, 0.25) is 0 Å². The normalized spacial score (nSPS) is 11.8. The topological polar surface area (TPSA) is 46.9 Å². The number of carbonyl (C=O) groups excluding carboxylic acids is 1. The Hall–Kier alpha value is -1.07. The van der Waals surface area contributed by atoms with Gasteiger partial charge in [-0.1, -0.05) is 11.6 Å². The monoisotopic (exact) mass is 329 g/mol. The van der Waals surface area contributed by atoms with Crippen LogP contribution in [0.5, 0.6) is 0 Å². The maximum Gasteiger partial charge on any atom is 0.326 e. The van der Waals surface area contributed by atoms with Gasteiger partial charge < -0.3 is 5.32 Å². The first-order chi connectivity index (χ1) is 8.29. The molecule has 2 aromatic rings. The first kappa shape index (κ1) is 13.4. The smallest absolute Gasteiger partial charge is 0.326 e. The van der Waals surface area contributed by atoms with E-state index in [4.69, 9.17) is 11.6 Å². The number of halogens is 2. The van der Waals surface area contributed by atoms with Crippen molar-refractivity contribution in [2.45, 2.75) is 26.3 Å². The van der Waals surface area contributed by atoms with E-state index < -0.39 is 0 Å². The Morgan fingerprint density at radius 2 is 2.17 bits per heavy atom. The lowest BCUT2D eigenvalue weighted by molar-refractivity contribution is 0.234. The zero-order valence-corrected chi connectivity index (χ0v) is 12.6. The number of pyridine rings is 1. The second-order valence-corrected chi connectivity index (χ2v) is 6.24. The summed E-state index contributed by atoms with van der Waals surface area (Å²) in [5, 5.41) is 4.05. The van der Waals surface area contributed by atoms with Gasteiger partial charge in [-0.25, -0.2) is 9.78 Å². The van der Waals surface area contributed by atoms with Gasteiger partial charge >= 0.3 is 6.03 Å². The van der Waals surface area contributed by atoms with Gasteiger partial charge in [-0.2, -0.15) is 0 Å². The number of rotatable bonds is 0. The van der Waals surface area contributed by atoms with E-state index in [1.807, 2.05) is 26.8 Å². The van der Waals surface area contributed by atoms with Gasteiger partial charge in [0.25, 0.3) is 0 Å². The molecule has 0 saturated carbocycles. The Bertz CT molecular complexity index is 616. The third-order valence-corrected chi connectivity index (χ3v) is 3.24. The van der Waals surface area contributed by atoms with Crippen LogP contribution >= 0.6 is 27.5 Å². The molecule has 0 atom stereocenters. The van der Waals surface area contributed by atoms with E-state index in [0.717, 1.165) is 9.86 Å². The van der Waals surface area contributed by atoms with Crippen LogP contribution in [0.2, 0.25) is 5.15 Å². The fourth-order valence-corrected chi connectivity index (χ4v) is 2.29. The van der Waals surface area contributed by atoms with E-state index in [0.29, 0.717) is 10.7 Å². The number of aromatic nitrogens is 2. The number of nitrogens with one attached hydrogen (secondary N) is 1. The van der Waals surface area contributed by atoms with Crippen molar-refractivity contribution in [3.63, 3.8) is 0 Å². The average Bonchev–Trinajstić information content (AvgIpc) is 2.66. The molecule has 0 bridgehead atoms. The number of hydrogen-bond donors (Lipinski definition) is 1. The second-order valence-electron chi connectivity index (χ2n) is 5.03. The summed E-state index contributed by atoms with van der Waals surface area (Å²) in [5.74, 6) is 0. The molecule has 0 aliphatic heterocycles. The largest absolute Gasteiger partial charge is 0.333 e. The van der Waals surface area contributed by atoms with Gasteiger partial charge in [0.05, 0.1) is 5.52 Å². The minimum atomic E-state index is -0.306. The minimum absolute atomic E-state index is 0.223. The first-order valence-corrected chi connectivity index (χ1v) is 6.60. The van der Waals surface area contributed by atoms with Crippen molar-refractivity contribution in [1.29, 1.82) is 0 Å². The van der Waals surface area contributed by atoms with Gasteiger partial charge in [0.15, 0.2) is 5.15 Å². The highest BCUT2D eigenvalue weighted by Crippen LogP contribution is 2.28. The van der Waals surface area contributed by atoms with Crippen LogP contribution in [0.3, 0.4) is 0 Å². The molecule has 0 aromatic carbocycles. The predicted molar refractivity (Wildman–Crippen MR) is 76.1 cm³/mol. The van der Waals surface area contributed by atoms with Crippen LogP contribution in [-0.4, -0.2) is 21.1 Å². The maximum atomic E-state index is 12.1. The highest BCUT2D eigenvalue weighted by Gasteiger charge is 2.18. The molecule has 0 aliphatic carbocycles. The molecular weight excluding hydrogens is 318 g/mol. The minimum Gasteiger partial charge on any atom is -0.333 e. The van der Waals surface area contributed by atoms with E-state index in [-0.39, 0.29) is 11.6 Å². The average molecular weight is 331 g/mol. The molecule has 0 unspecified atom stereocenters. The molecule has 4 nitrogen and oxygen atoms in total. The summed E-state index contributed by atoms with van der Waals surface area (Å²) in [6.07, 6.45) is 3.31. The molecule has 18 heavy (non-hydrogen) atoms. The lowest BCUT2D eigenvalue weighted by Gasteiger charge is -2.21. The summed E-state index contributed by atoms with van der Waals surface area (Å²) in [5.41, 5.74) is 0.298. The summed E-state index contributed by atoms with van der Waals surface area (Å²) in [7, 11) is 0. The summed E-state index contributed by atoms with van der Waals surface area (Å²) < 4.78 is 2.28. The molecule has 0 radical (unpaired) electrons. The lowest BCUT2D eigenvalue weighted by atomic mass is 10.1. The van der Waals surface area contributed by atoms with Crippen LogP contribution in [0, 0.1) is 0 Å². The summed E-state index contributed by atoms with van der Waals surface area (Å²) in [6.45, 7) is 5.77. The lowest BCUT2D eigenvalue weighted by Crippen LogP contribution is -2.42. The Morgan fingerprint density at radius 1 is 1.50 bits per heavy atom. The number of hydrogen-bond acceptors (Lipinski definition) is 2. The van der Waals surface area contributed by atoms with Crippen molar-refractivity contribution in [2.75, 3.05) is 0 Å². The Morgan fingerprint density at radius 3 is 2.78 bits per heavy atom. The third-order valence-electron chi connectivity index (χ3n) is 2.33. The van der Waals surface area contributed by atoms with E-state index in [2.05, 4.69) is 26.2 Å². The second kappa shape index (κ2) is 4.55. The van der Waals surface area contributed by atoms with Crippen molar-refractivity contribution >= 4 is 44.5 Å². The maximum absolute atomic E-state index is 12.1. The fourth-order valence-electron chi connectivity index (χ4n) is 1.63. The molecule has 6 heteroatoms. The molecule has 96 valence electrons. The molecule has 0 saturated heterocycles. The van der Waals surface area contributed by atoms with Gasteiger partial charge in [0.1, 0.15) is 0 Å². The van der Waals surface area contributed by atoms with Gasteiger partial charge in [-0.3, -0.25) is 4.57 Å². The van der Waals surface area contributed by atoms with Crippen LogP contribution in [0.15, 0.2) is 22.9 Å².